The summed E-state index contributed by atoms with van der Waals surface area (Å²) < 4.78 is 63.0. The summed E-state index contributed by atoms with van der Waals surface area (Å²) >= 11 is 0. The van der Waals surface area contributed by atoms with E-state index >= 15 is 0 Å². The van der Waals surface area contributed by atoms with Crippen LogP contribution < -0.4 is 0 Å². The van der Waals surface area contributed by atoms with Gasteiger partial charge in [-0.15, -0.1) is 0 Å². The Morgan fingerprint density at radius 1 is 0.506 bits per heavy atom. The summed E-state index contributed by atoms with van der Waals surface area (Å²) in [5.41, 5.74) is 7.18. The predicted molar refractivity (Wildman–Crippen MR) is 309 cm³/mol. The van der Waals surface area contributed by atoms with Crippen LogP contribution in [0.25, 0.3) is 0 Å². The first-order valence-corrected chi connectivity index (χ1v) is 29.8. The zero-order chi connectivity index (χ0) is 58.4. The minimum Gasteiger partial charge on any atom is -0.463 e. The van der Waals surface area contributed by atoms with Gasteiger partial charge < -0.3 is 57.6 Å². The van der Waals surface area contributed by atoms with Crippen LogP contribution in [0.1, 0.15) is 194 Å². The third-order valence-corrected chi connectivity index (χ3v) is 16.4. The number of fused-ring (bicyclic) bond motifs is 2. The average Bonchev–Trinajstić information content (AvgIpc) is 3.55. The van der Waals surface area contributed by atoms with Gasteiger partial charge in [0.25, 0.3) is 0 Å². The Balaban J connectivity index is 0.771. The van der Waals surface area contributed by atoms with E-state index < -0.39 is 85.9 Å². The summed E-state index contributed by atoms with van der Waals surface area (Å²) in [6.07, 6.45) is 2.19. The normalized spacial score (nSPS) is 29.0. The molecule has 81 heavy (non-hydrogen) atoms. The van der Waals surface area contributed by atoms with E-state index in [9.17, 15) is 19.8 Å². The van der Waals surface area contributed by atoms with Gasteiger partial charge in [0.2, 0.25) is 0 Å². The number of aliphatic hydroxyl groups is 2. The Kier molecular flexibility index (Phi) is 20.7. The van der Waals surface area contributed by atoms with Crippen LogP contribution in [0.15, 0.2) is 96.6 Å². The van der Waals surface area contributed by atoms with Gasteiger partial charge in [0.15, 0.2) is 25.2 Å². The van der Waals surface area contributed by atoms with Gasteiger partial charge in [0.05, 0.1) is 13.2 Å². The molecule has 4 aliphatic heterocycles. The Hall–Kier alpha value is -4.32. The SMILES string of the molecule is CC1C=C(C(C)(C)C)C=CC1C1OCC2OC(c3ccc(C(C)(C)C)cc3)OC(C(O)COC(=O)CCCCCCCCC(=O)OCC(O)C3OC(c4ccc(C(C)(C)C)cc4)OC4COC(c5ccc(C(C)(C)C)cc5)OC43)C2O1. The van der Waals surface area contributed by atoms with Gasteiger partial charge in [-0.1, -0.05) is 207 Å². The van der Waals surface area contributed by atoms with Crippen LogP contribution in [0.3, 0.4) is 0 Å². The zero-order valence-corrected chi connectivity index (χ0v) is 50.5. The lowest BCUT2D eigenvalue weighted by atomic mass is 9.77. The van der Waals surface area contributed by atoms with E-state index in [-0.39, 0.29) is 72.8 Å². The van der Waals surface area contributed by atoms with Crippen molar-refractivity contribution in [2.75, 3.05) is 26.4 Å². The van der Waals surface area contributed by atoms with Crippen LogP contribution in [0.2, 0.25) is 0 Å². The molecule has 14 atom stereocenters. The predicted octanol–water partition coefficient (Wildman–Crippen LogP) is 12.4. The Morgan fingerprint density at radius 2 is 0.901 bits per heavy atom. The molecule has 5 aliphatic rings. The second-order valence-electron chi connectivity index (χ2n) is 27.2. The highest BCUT2D eigenvalue weighted by molar-refractivity contribution is 5.69. The number of benzene rings is 3. The van der Waals surface area contributed by atoms with Gasteiger partial charge >= 0.3 is 11.9 Å². The summed E-state index contributed by atoms with van der Waals surface area (Å²) in [4.78, 5) is 26.1. The highest BCUT2D eigenvalue weighted by Crippen LogP contribution is 2.43. The summed E-state index contributed by atoms with van der Waals surface area (Å²) in [6, 6.07) is 24.4. The number of esters is 2. The molecule has 14 heteroatoms. The second-order valence-corrected chi connectivity index (χ2v) is 27.2. The van der Waals surface area contributed by atoms with E-state index in [0.29, 0.717) is 12.8 Å². The summed E-state index contributed by atoms with van der Waals surface area (Å²) in [6.45, 7) is 28.2. The standard InChI is InChI=1S/C67H94O14/c1-41-36-48(67(11,12)13)34-35-49(41)63-75-40-53-59(81-63)57(79-62(77-53)44-26-32-47(33-27-44)66(8,9)10)51(69)38-73-55(71)21-19-17-15-14-16-18-20-54(70)72-37-50(68)56-58-52(76-61(78-56)43-24-30-46(31-25-43)65(5,6)7)39-74-60(80-58)42-22-28-45(29-23-42)64(2,3)4/h22-36,41,49-53,56-63,68-69H,14-21,37-40H2,1-13H3. The van der Waals surface area contributed by atoms with Crippen molar-refractivity contribution >= 4 is 11.9 Å². The monoisotopic (exact) mass is 1120 g/mol. The smallest absolute Gasteiger partial charge is 0.305 e. The molecule has 4 fully saturated rings. The van der Waals surface area contributed by atoms with Crippen LogP contribution in [-0.2, 0) is 73.2 Å². The van der Waals surface area contributed by atoms with Gasteiger partial charge in [-0.3, -0.25) is 9.59 Å². The molecular formula is C67H94O14. The maximum atomic E-state index is 13.1. The molecule has 0 amide bonds. The molecule has 0 bridgehead atoms. The summed E-state index contributed by atoms with van der Waals surface area (Å²) in [7, 11) is 0. The molecule has 4 saturated heterocycles. The van der Waals surface area contributed by atoms with E-state index in [1.807, 2.05) is 36.4 Å². The molecule has 3 aromatic rings. The molecule has 8 rings (SSSR count). The maximum absolute atomic E-state index is 13.1. The quantitative estimate of drug-likeness (QED) is 0.0859. The number of carbonyl (C=O) groups excluding carboxylic acids is 2. The highest BCUT2D eigenvalue weighted by atomic mass is 16.8. The minimum absolute atomic E-state index is 0.0113. The molecule has 4 heterocycles. The minimum atomic E-state index is -1.20. The third-order valence-electron chi connectivity index (χ3n) is 16.4. The average molecular weight is 1120 g/mol. The molecule has 14 unspecified atom stereocenters. The fraction of sp³-hybridized carbons (Fsp3) is 0.642. The van der Waals surface area contributed by atoms with Crippen molar-refractivity contribution in [3.8, 4) is 0 Å². The van der Waals surface area contributed by atoms with Crippen molar-refractivity contribution < 1.29 is 67.2 Å². The van der Waals surface area contributed by atoms with Crippen molar-refractivity contribution in [2.45, 2.75) is 232 Å². The van der Waals surface area contributed by atoms with Crippen molar-refractivity contribution in [3.63, 3.8) is 0 Å². The Labute approximate surface area is 482 Å². The lowest BCUT2D eigenvalue weighted by Gasteiger charge is -2.48. The third kappa shape index (κ3) is 16.5. The molecule has 0 saturated carbocycles. The number of unbranched alkanes of at least 4 members (excludes halogenated alkanes) is 5. The molecule has 1 aliphatic carbocycles. The lowest BCUT2D eigenvalue weighted by molar-refractivity contribution is -0.376. The number of rotatable bonds is 19. The van der Waals surface area contributed by atoms with E-state index in [0.717, 1.165) is 42.4 Å². The van der Waals surface area contributed by atoms with Crippen LogP contribution >= 0.6 is 0 Å². The Bertz CT molecular complexity index is 2560. The first-order chi connectivity index (χ1) is 38.2. The van der Waals surface area contributed by atoms with E-state index in [1.54, 1.807) is 0 Å². The van der Waals surface area contributed by atoms with Crippen molar-refractivity contribution in [3.05, 3.63) is 130 Å². The van der Waals surface area contributed by atoms with Crippen molar-refractivity contribution in [2.24, 2.45) is 17.3 Å². The van der Waals surface area contributed by atoms with Gasteiger partial charge in [-0.2, -0.15) is 0 Å². The van der Waals surface area contributed by atoms with E-state index in [4.69, 9.17) is 47.4 Å². The van der Waals surface area contributed by atoms with Crippen LogP contribution in [0.5, 0.6) is 0 Å². The zero-order valence-electron chi connectivity index (χ0n) is 50.5. The first kappa shape index (κ1) is 62.7. The first-order valence-electron chi connectivity index (χ1n) is 29.8. The molecule has 0 aromatic heterocycles. The number of carbonyl (C=O) groups is 2. The van der Waals surface area contributed by atoms with Crippen LogP contribution in [0.4, 0.5) is 0 Å². The molecule has 0 spiro atoms. The largest absolute Gasteiger partial charge is 0.463 e. The maximum Gasteiger partial charge on any atom is 0.305 e. The second kappa shape index (κ2) is 26.7. The number of hydrogen-bond donors (Lipinski definition) is 2. The lowest BCUT2D eigenvalue weighted by Crippen LogP contribution is -2.60. The molecule has 0 radical (unpaired) electrons. The molecule has 14 nitrogen and oxygen atoms in total. The van der Waals surface area contributed by atoms with Crippen LogP contribution in [-0.4, -0.2) is 104 Å². The Morgan fingerprint density at radius 3 is 1.31 bits per heavy atom. The molecule has 3 aromatic carbocycles. The summed E-state index contributed by atoms with van der Waals surface area (Å²) in [5, 5.41) is 23.4. The molecule has 2 N–H and O–H groups in total. The van der Waals surface area contributed by atoms with Gasteiger partial charge in [0.1, 0.15) is 62.0 Å². The van der Waals surface area contributed by atoms with E-state index in [1.165, 1.54) is 22.3 Å². The highest BCUT2D eigenvalue weighted by Gasteiger charge is 2.51. The fourth-order valence-electron chi connectivity index (χ4n) is 11.1. The van der Waals surface area contributed by atoms with E-state index in [2.05, 4.69) is 145 Å². The molecule has 446 valence electrons. The van der Waals surface area contributed by atoms with Crippen molar-refractivity contribution in [1.82, 2.24) is 0 Å². The molecular weight excluding hydrogens is 1030 g/mol. The number of ether oxygens (including phenoxy) is 10. The van der Waals surface area contributed by atoms with Crippen LogP contribution in [0, 0.1) is 17.3 Å². The number of aliphatic hydroxyl groups excluding tert-OH is 2. The fourth-order valence-corrected chi connectivity index (χ4v) is 11.1. The van der Waals surface area contributed by atoms with Gasteiger partial charge in [-0.25, -0.2) is 0 Å². The van der Waals surface area contributed by atoms with Crippen molar-refractivity contribution in [1.29, 1.82) is 0 Å². The topological polar surface area (TPSA) is 167 Å². The number of hydrogen-bond acceptors (Lipinski definition) is 14. The van der Waals surface area contributed by atoms with Gasteiger partial charge in [-0.05, 0) is 62.7 Å². The summed E-state index contributed by atoms with van der Waals surface area (Å²) in [5.74, 6) is -0.701. The number of allylic oxidation sites excluding steroid dienone is 3. The van der Waals surface area contributed by atoms with Gasteiger partial charge in [0, 0.05) is 35.4 Å².